The molecule has 0 saturated heterocycles. The molecular weight excluding hydrogens is 368 g/mol. The predicted octanol–water partition coefficient (Wildman–Crippen LogP) is 4.02. The number of alkyl halides is 2. The van der Waals surface area contributed by atoms with Crippen molar-refractivity contribution in [2.24, 2.45) is 11.3 Å². The van der Waals surface area contributed by atoms with Crippen molar-refractivity contribution in [3.8, 4) is 0 Å². The molecule has 2 nitrogen and oxygen atoms in total. The summed E-state index contributed by atoms with van der Waals surface area (Å²) in [7, 11) is -2.86. The molecule has 0 fully saturated rings. The number of rotatable bonds is 9. The smallest absolute Gasteiger partial charge is 0.150 e. The Hall–Kier alpha value is 0.910. The second kappa shape index (κ2) is 8.16. The number of halogens is 2. The van der Waals surface area contributed by atoms with Gasteiger partial charge in [0, 0.05) is 16.4 Å². The third-order valence-corrected chi connectivity index (χ3v) is 7.10. The van der Waals surface area contributed by atoms with Crippen molar-refractivity contribution in [3.63, 3.8) is 0 Å². The highest BCUT2D eigenvalue weighted by atomic mass is 79.9. The molecule has 0 heterocycles. The fourth-order valence-corrected chi connectivity index (χ4v) is 5.55. The quantitative estimate of drug-likeness (QED) is 0.556. The standard InChI is InChI=1S/C12H24Br2O2S/c1-4-6-17(15,16)7-5-12(9-13,10-14)8-11(2)3/h11H,4-10H2,1-3H3. The zero-order valence-electron chi connectivity index (χ0n) is 11.0. The van der Waals surface area contributed by atoms with Crippen LogP contribution in [0.1, 0.15) is 40.0 Å². The molecule has 0 rings (SSSR count). The van der Waals surface area contributed by atoms with Crippen molar-refractivity contribution in [1.82, 2.24) is 0 Å². The molecule has 0 aliphatic heterocycles. The van der Waals surface area contributed by atoms with Crippen LogP contribution >= 0.6 is 31.9 Å². The van der Waals surface area contributed by atoms with Gasteiger partial charge in [0.15, 0.2) is 0 Å². The molecule has 0 atom stereocenters. The molecule has 0 aromatic heterocycles. The fraction of sp³-hybridized carbons (Fsp3) is 1.00. The van der Waals surface area contributed by atoms with E-state index in [0.29, 0.717) is 23.8 Å². The van der Waals surface area contributed by atoms with E-state index < -0.39 is 9.84 Å². The summed E-state index contributed by atoms with van der Waals surface area (Å²) in [5.74, 6) is 1.21. The first-order valence-corrected chi connectivity index (χ1v) is 10.2. The van der Waals surface area contributed by atoms with E-state index in [0.717, 1.165) is 23.5 Å². The highest BCUT2D eigenvalue weighted by Crippen LogP contribution is 2.35. The average Bonchev–Trinajstić information content (AvgIpc) is 2.24. The van der Waals surface area contributed by atoms with E-state index in [1.54, 1.807) is 0 Å². The van der Waals surface area contributed by atoms with E-state index in [9.17, 15) is 8.42 Å². The number of hydrogen-bond donors (Lipinski definition) is 0. The van der Waals surface area contributed by atoms with Gasteiger partial charge in [0.05, 0.1) is 5.75 Å². The van der Waals surface area contributed by atoms with Crippen LogP contribution in [0.4, 0.5) is 0 Å². The Balaban J connectivity index is 4.56. The molecule has 0 unspecified atom stereocenters. The van der Waals surface area contributed by atoms with Crippen LogP contribution in [0, 0.1) is 11.3 Å². The first-order chi connectivity index (χ1) is 7.81. The van der Waals surface area contributed by atoms with Crippen LogP contribution in [0.25, 0.3) is 0 Å². The van der Waals surface area contributed by atoms with Gasteiger partial charge in [-0.3, -0.25) is 0 Å². The van der Waals surface area contributed by atoms with Crippen molar-refractivity contribution >= 4 is 41.7 Å². The predicted molar refractivity (Wildman–Crippen MR) is 83.0 cm³/mol. The summed E-state index contributed by atoms with van der Waals surface area (Å²) in [6, 6.07) is 0. The lowest BCUT2D eigenvalue weighted by atomic mass is 9.82. The Morgan fingerprint density at radius 3 is 2.00 bits per heavy atom. The fourth-order valence-electron chi connectivity index (χ4n) is 2.03. The van der Waals surface area contributed by atoms with Gasteiger partial charge in [0.2, 0.25) is 0 Å². The molecule has 0 amide bonds. The molecule has 17 heavy (non-hydrogen) atoms. The minimum Gasteiger partial charge on any atom is -0.229 e. The van der Waals surface area contributed by atoms with Crippen molar-refractivity contribution in [2.75, 3.05) is 22.2 Å². The van der Waals surface area contributed by atoms with E-state index in [1.165, 1.54) is 0 Å². The van der Waals surface area contributed by atoms with Crippen molar-refractivity contribution in [3.05, 3.63) is 0 Å². The molecule has 0 N–H and O–H groups in total. The summed E-state index contributed by atoms with van der Waals surface area (Å²) in [5, 5.41) is 1.70. The van der Waals surface area contributed by atoms with Crippen molar-refractivity contribution < 1.29 is 8.42 Å². The van der Waals surface area contributed by atoms with E-state index in [4.69, 9.17) is 0 Å². The Bertz CT molecular complexity index is 296. The van der Waals surface area contributed by atoms with Gasteiger partial charge in [-0.2, -0.15) is 0 Å². The Labute approximate surface area is 123 Å². The molecule has 0 aromatic rings. The van der Waals surface area contributed by atoms with Crippen LogP contribution in [0.3, 0.4) is 0 Å². The van der Waals surface area contributed by atoms with Crippen molar-refractivity contribution in [2.45, 2.75) is 40.0 Å². The van der Waals surface area contributed by atoms with Gasteiger partial charge in [0.25, 0.3) is 0 Å². The molecule has 0 bridgehead atoms. The summed E-state index contributed by atoms with van der Waals surface area (Å²) >= 11 is 7.09. The van der Waals surface area contributed by atoms with E-state index in [2.05, 4.69) is 45.7 Å². The van der Waals surface area contributed by atoms with Crippen molar-refractivity contribution in [1.29, 1.82) is 0 Å². The maximum Gasteiger partial charge on any atom is 0.150 e. The highest BCUT2D eigenvalue weighted by molar-refractivity contribution is 9.09. The molecule has 0 radical (unpaired) electrons. The van der Waals surface area contributed by atoms with Gasteiger partial charge < -0.3 is 0 Å². The second-order valence-electron chi connectivity index (χ2n) is 5.27. The summed E-state index contributed by atoms with van der Waals surface area (Å²) in [6.07, 6.45) is 2.50. The SMILES string of the molecule is CCCS(=O)(=O)CCC(CBr)(CBr)CC(C)C. The van der Waals surface area contributed by atoms with Gasteiger partial charge in [-0.05, 0) is 30.6 Å². The van der Waals surface area contributed by atoms with E-state index in [-0.39, 0.29) is 5.41 Å². The van der Waals surface area contributed by atoms with E-state index in [1.807, 2.05) is 6.92 Å². The largest absolute Gasteiger partial charge is 0.229 e. The van der Waals surface area contributed by atoms with Crippen LogP contribution in [0.15, 0.2) is 0 Å². The lowest BCUT2D eigenvalue weighted by Crippen LogP contribution is -2.30. The first kappa shape index (κ1) is 17.9. The molecule has 0 aromatic carbocycles. The van der Waals surface area contributed by atoms with Gasteiger partial charge in [0.1, 0.15) is 9.84 Å². The summed E-state index contributed by atoms with van der Waals surface area (Å²) in [5.41, 5.74) is 0.0645. The molecule has 0 aliphatic carbocycles. The van der Waals surface area contributed by atoms with Crippen LogP contribution in [0.5, 0.6) is 0 Å². The third-order valence-electron chi connectivity index (χ3n) is 2.87. The molecular formula is C12H24Br2O2S. The molecule has 5 heteroatoms. The Morgan fingerprint density at radius 1 is 1.12 bits per heavy atom. The topological polar surface area (TPSA) is 34.1 Å². The lowest BCUT2D eigenvalue weighted by molar-refractivity contribution is 0.296. The summed E-state index contributed by atoms with van der Waals surface area (Å²) in [4.78, 5) is 0. The van der Waals surface area contributed by atoms with E-state index >= 15 is 0 Å². The Morgan fingerprint density at radius 2 is 1.65 bits per heavy atom. The van der Waals surface area contributed by atoms with Crippen LogP contribution < -0.4 is 0 Å². The average molecular weight is 392 g/mol. The molecule has 0 aliphatic rings. The van der Waals surface area contributed by atoms with Crippen LogP contribution in [0.2, 0.25) is 0 Å². The van der Waals surface area contributed by atoms with Gasteiger partial charge >= 0.3 is 0 Å². The normalized spacial score (nSPS) is 13.3. The van der Waals surface area contributed by atoms with Crippen LogP contribution in [-0.2, 0) is 9.84 Å². The highest BCUT2D eigenvalue weighted by Gasteiger charge is 2.30. The minimum atomic E-state index is -2.86. The zero-order valence-corrected chi connectivity index (χ0v) is 15.0. The first-order valence-electron chi connectivity index (χ1n) is 6.13. The molecule has 104 valence electrons. The minimum absolute atomic E-state index is 0.0645. The summed E-state index contributed by atoms with van der Waals surface area (Å²) in [6.45, 7) is 6.27. The van der Waals surface area contributed by atoms with Gasteiger partial charge in [-0.1, -0.05) is 52.6 Å². The maximum atomic E-state index is 11.8. The maximum absolute atomic E-state index is 11.8. The number of sulfone groups is 1. The van der Waals surface area contributed by atoms with Gasteiger partial charge in [-0.15, -0.1) is 0 Å². The summed E-state index contributed by atoms with van der Waals surface area (Å²) < 4.78 is 23.5. The monoisotopic (exact) mass is 390 g/mol. The second-order valence-corrected chi connectivity index (χ2v) is 8.69. The van der Waals surface area contributed by atoms with Crippen LogP contribution in [-0.4, -0.2) is 30.6 Å². The molecule has 0 saturated carbocycles. The van der Waals surface area contributed by atoms with Gasteiger partial charge in [-0.25, -0.2) is 8.42 Å². The lowest BCUT2D eigenvalue weighted by Gasteiger charge is -2.31. The number of hydrogen-bond acceptors (Lipinski definition) is 2. The third kappa shape index (κ3) is 7.16. The molecule has 0 spiro atoms. The zero-order chi connectivity index (χ0) is 13.5. The Kier molecular flexibility index (Phi) is 8.59.